The molecule has 1 heterocycles. The maximum absolute atomic E-state index is 14.0. The summed E-state index contributed by atoms with van der Waals surface area (Å²) in [6, 6.07) is 29.7. The molecule has 5 heteroatoms. The lowest BCUT2D eigenvalue weighted by atomic mass is 9.77. The highest BCUT2D eigenvalue weighted by Gasteiger charge is 2.37. The number of allylic oxidation sites excluding steroid dienone is 2. The lowest BCUT2D eigenvalue weighted by molar-refractivity contribution is 0.266. The number of para-hydroxylation sites is 1. The van der Waals surface area contributed by atoms with Crippen molar-refractivity contribution >= 4 is 17.6 Å². The fourth-order valence-corrected chi connectivity index (χ4v) is 5.55. The Morgan fingerprint density at radius 3 is 2.59 bits per heavy atom. The molecule has 0 aromatic heterocycles. The number of ether oxygens (including phenoxy) is 2. The quantitative estimate of drug-likeness (QED) is 0.188. The molecule has 6 rings (SSSR count). The molecule has 0 fully saturated rings. The highest BCUT2D eigenvalue weighted by Crippen LogP contribution is 2.49. The Morgan fingerprint density at radius 2 is 1.74 bits per heavy atom. The molecule has 4 aromatic rings. The van der Waals surface area contributed by atoms with Gasteiger partial charge in [-0.2, -0.15) is 0 Å². The summed E-state index contributed by atoms with van der Waals surface area (Å²) in [5.41, 5.74) is 6.17. The summed E-state index contributed by atoms with van der Waals surface area (Å²) in [6.45, 7) is 2.55. The molecule has 3 atom stereocenters. The zero-order valence-electron chi connectivity index (χ0n) is 21.9. The van der Waals surface area contributed by atoms with Crippen LogP contribution in [0, 0.1) is 11.7 Å². The summed E-state index contributed by atoms with van der Waals surface area (Å²) in [7, 11) is 0. The van der Waals surface area contributed by atoms with Crippen LogP contribution in [0.5, 0.6) is 11.5 Å². The molecule has 4 nitrogen and oxygen atoms in total. The van der Waals surface area contributed by atoms with Gasteiger partial charge in [0.2, 0.25) is 0 Å². The van der Waals surface area contributed by atoms with Crippen molar-refractivity contribution in [2.24, 2.45) is 10.9 Å². The average molecular weight is 519 g/mol. The smallest absolute Gasteiger partial charge is 0.161 e. The van der Waals surface area contributed by atoms with E-state index in [1.165, 1.54) is 22.9 Å². The zero-order chi connectivity index (χ0) is 26.6. The van der Waals surface area contributed by atoms with Gasteiger partial charge in [0.15, 0.2) is 11.5 Å². The Hall–Kier alpha value is -4.38. The summed E-state index contributed by atoms with van der Waals surface area (Å²) in [4.78, 5) is 4.70. The van der Waals surface area contributed by atoms with Gasteiger partial charge < -0.3 is 14.8 Å². The lowest BCUT2D eigenvalue weighted by Crippen LogP contribution is -2.28. The molecule has 1 aliphatic heterocycles. The molecule has 196 valence electrons. The third kappa shape index (κ3) is 5.30. The molecule has 0 amide bonds. The predicted molar refractivity (Wildman–Crippen MR) is 155 cm³/mol. The number of hydrogen-bond acceptors (Lipinski definition) is 4. The minimum atomic E-state index is -0.283. The molecule has 0 unspecified atom stereocenters. The number of hydrogen-bond donors (Lipinski definition) is 1. The van der Waals surface area contributed by atoms with Gasteiger partial charge in [-0.05, 0) is 78.4 Å². The minimum absolute atomic E-state index is 0.131. The molecular formula is C34H31FN2O2. The van der Waals surface area contributed by atoms with E-state index in [1.54, 1.807) is 18.2 Å². The van der Waals surface area contributed by atoms with E-state index in [1.807, 2.05) is 31.3 Å². The van der Waals surface area contributed by atoms with Crippen LogP contribution in [0.2, 0.25) is 0 Å². The molecule has 1 N–H and O–H groups in total. The molecule has 2 aliphatic rings. The highest BCUT2D eigenvalue weighted by molar-refractivity contribution is 5.83. The van der Waals surface area contributed by atoms with E-state index >= 15 is 0 Å². The number of aliphatic imine (C=N–C) groups is 1. The second kappa shape index (κ2) is 11.2. The fraction of sp³-hybridized carbons (Fsp3) is 0.206. The summed E-state index contributed by atoms with van der Waals surface area (Å²) >= 11 is 0. The number of nitrogens with one attached hydrogen (secondary N) is 1. The van der Waals surface area contributed by atoms with Gasteiger partial charge >= 0.3 is 0 Å². The molecular weight excluding hydrogens is 487 g/mol. The van der Waals surface area contributed by atoms with Crippen LogP contribution < -0.4 is 14.8 Å². The molecule has 0 bridgehead atoms. The second-order valence-electron chi connectivity index (χ2n) is 9.93. The highest BCUT2D eigenvalue weighted by atomic mass is 19.1. The van der Waals surface area contributed by atoms with Crippen LogP contribution in [0.1, 0.15) is 47.6 Å². The van der Waals surface area contributed by atoms with Crippen LogP contribution in [-0.2, 0) is 6.61 Å². The molecule has 39 heavy (non-hydrogen) atoms. The van der Waals surface area contributed by atoms with Gasteiger partial charge in [0.05, 0.1) is 18.3 Å². The van der Waals surface area contributed by atoms with Gasteiger partial charge in [-0.15, -0.1) is 0 Å². The number of anilines is 1. The van der Waals surface area contributed by atoms with E-state index in [0.29, 0.717) is 35.5 Å². The Kier molecular flexibility index (Phi) is 7.13. The van der Waals surface area contributed by atoms with Crippen molar-refractivity contribution in [2.45, 2.75) is 31.9 Å². The van der Waals surface area contributed by atoms with Crippen molar-refractivity contribution in [3.8, 4) is 11.5 Å². The first-order valence-corrected chi connectivity index (χ1v) is 13.5. The van der Waals surface area contributed by atoms with Gasteiger partial charge in [-0.25, -0.2) is 4.39 Å². The zero-order valence-corrected chi connectivity index (χ0v) is 21.9. The van der Waals surface area contributed by atoms with E-state index in [4.69, 9.17) is 14.5 Å². The Bertz CT molecular complexity index is 1510. The van der Waals surface area contributed by atoms with E-state index in [-0.39, 0.29) is 18.5 Å². The third-order valence-electron chi connectivity index (χ3n) is 7.50. The Labute approximate surface area is 228 Å². The predicted octanol–water partition coefficient (Wildman–Crippen LogP) is 8.38. The summed E-state index contributed by atoms with van der Waals surface area (Å²) in [6.07, 6.45) is 7.59. The number of halogens is 1. The molecule has 0 radical (unpaired) electrons. The topological polar surface area (TPSA) is 42.8 Å². The second-order valence-corrected chi connectivity index (χ2v) is 9.93. The van der Waals surface area contributed by atoms with Gasteiger partial charge in [-0.1, -0.05) is 60.7 Å². The summed E-state index contributed by atoms with van der Waals surface area (Å²) in [5.74, 6) is 1.88. The van der Waals surface area contributed by atoms with Gasteiger partial charge in [0.1, 0.15) is 12.4 Å². The van der Waals surface area contributed by atoms with Gasteiger partial charge in [0.25, 0.3) is 0 Å². The van der Waals surface area contributed by atoms with E-state index in [0.717, 1.165) is 17.7 Å². The molecule has 0 saturated heterocycles. The van der Waals surface area contributed by atoms with Gasteiger partial charge in [0, 0.05) is 23.4 Å². The molecule has 0 saturated carbocycles. The molecule has 0 spiro atoms. The first kappa shape index (κ1) is 24.9. The minimum Gasteiger partial charge on any atom is -0.490 e. The van der Waals surface area contributed by atoms with Crippen molar-refractivity contribution in [3.63, 3.8) is 0 Å². The van der Waals surface area contributed by atoms with Crippen molar-refractivity contribution in [3.05, 3.63) is 131 Å². The first-order chi connectivity index (χ1) is 19.2. The number of rotatable bonds is 8. The average Bonchev–Trinajstić information content (AvgIpc) is 3.47. The van der Waals surface area contributed by atoms with Crippen LogP contribution in [0.4, 0.5) is 15.8 Å². The van der Waals surface area contributed by atoms with Crippen molar-refractivity contribution in [2.75, 3.05) is 11.9 Å². The van der Waals surface area contributed by atoms with Crippen LogP contribution in [0.15, 0.2) is 108 Å². The monoisotopic (exact) mass is 518 g/mol. The Morgan fingerprint density at radius 1 is 0.923 bits per heavy atom. The standard InChI is InChI=1S/C34H31FN2O2/c1-2-38-33-20-23(14-19-32(33)39-22-25-8-3-5-12-30(25)35)21-36-26-17-15-24(16-18-26)34-29-11-7-10-27(29)28-9-4-6-13-31(28)37-34/h3-10,12-21,27,29,34,37H,2,11,22H2,1H3/t27-,29+,34-/m0/s1. The van der Waals surface area contributed by atoms with Crippen molar-refractivity contribution in [1.82, 2.24) is 0 Å². The van der Waals surface area contributed by atoms with E-state index < -0.39 is 0 Å². The maximum atomic E-state index is 14.0. The number of nitrogens with zero attached hydrogens (tertiary/aromatic N) is 1. The lowest BCUT2D eigenvalue weighted by Gasteiger charge is -2.37. The van der Waals surface area contributed by atoms with Crippen LogP contribution >= 0.6 is 0 Å². The third-order valence-corrected chi connectivity index (χ3v) is 7.50. The maximum Gasteiger partial charge on any atom is 0.161 e. The van der Waals surface area contributed by atoms with Crippen LogP contribution in [0.3, 0.4) is 0 Å². The first-order valence-electron chi connectivity index (χ1n) is 13.5. The van der Waals surface area contributed by atoms with E-state index in [9.17, 15) is 4.39 Å². The van der Waals surface area contributed by atoms with Crippen LogP contribution in [0.25, 0.3) is 0 Å². The summed E-state index contributed by atoms with van der Waals surface area (Å²) < 4.78 is 25.7. The fourth-order valence-electron chi connectivity index (χ4n) is 5.55. The molecule has 4 aromatic carbocycles. The SMILES string of the molecule is CCOc1cc(C=Nc2ccc([C@@H]3Nc4ccccc4[C@@H]4C=CC[C@H]43)cc2)ccc1OCc1ccccc1F. The van der Waals surface area contributed by atoms with Crippen LogP contribution in [-0.4, -0.2) is 12.8 Å². The summed E-state index contributed by atoms with van der Waals surface area (Å²) in [5, 5.41) is 3.78. The van der Waals surface area contributed by atoms with Gasteiger partial charge in [-0.3, -0.25) is 4.99 Å². The van der Waals surface area contributed by atoms with Crippen molar-refractivity contribution in [1.29, 1.82) is 0 Å². The largest absolute Gasteiger partial charge is 0.490 e. The van der Waals surface area contributed by atoms with E-state index in [2.05, 4.69) is 66.0 Å². The normalized spacial score (nSPS) is 19.4. The van der Waals surface area contributed by atoms with Crippen molar-refractivity contribution < 1.29 is 13.9 Å². The number of benzene rings is 4. The number of fused-ring (bicyclic) bond motifs is 3. The Balaban J connectivity index is 1.15. The molecule has 1 aliphatic carbocycles.